The second kappa shape index (κ2) is 6.12. The zero-order chi connectivity index (χ0) is 16.7. The molecule has 1 aromatic carbocycles. The van der Waals surface area contributed by atoms with Crippen LogP contribution in [0.4, 0.5) is 4.39 Å². The average Bonchev–Trinajstić information content (AvgIpc) is 2.59. The molecular formula is C19H25FN2O2. The molecule has 0 saturated heterocycles. The number of hydrogen-bond acceptors (Lipinski definition) is 3. The third-order valence-electron chi connectivity index (χ3n) is 6.45. The largest absolute Gasteiger partial charge is 0.296 e. The highest BCUT2D eigenvalue weighted by Crippen LogP contribution is 2.53. The summed E-state index contributed by atoms with van der Waals surface area (Å²) in [7, 11) is 0. The minimum Gasteiger partial charge on any atom is -0.296 e. The van der Waals surface area contributed by atoms with E-state index in [4.69, 9.17) is 5.21 Å². The fraction of sp³-hybridized carbons (Fsp3) is 0.632. The molecule has 0 radical (unpaired) electrons. The zero-order valence-corrected chi connectivity index (χ0v) is 14.0. The smallest absolute Gasteiger partial charge is 0.274 e. The first-order valence-corrected chi connectivity index (χ1v) is 9.10. The molecule has 0 unspecified atom stereocenters. The van der Waals surface area contributed by atoms with Gasteiger partial charge in [0.15, 0.2) is 0 Å². The predicted molar refractivity (Wildman–Crippen MR) is 88.3 cm³/mol. The van der Waals surface area contributed by atoms with Gasteiger partial charge in [0.2, 0.25) is 0 Å². The minimum absolute atomic E-state index is 0.187. The summed E-state index contributed by atoms with van der Waals surface area (Å²) in [4.78, 5) is 13.9. The van der Waals surface area contributed by atoms with Crippen LogP contribution in [-0.2, 0) is 13.0 Å². The number of carbonyl (C=O) groups excluding carboxylic acids is 1. The number of hydroxylamine groups is 1. The molecule has 24 heavy (non-hydrogen) atoms. The summed E-state index contributed by atoms with van der Waals surface area (Å²) >= 11 is 0. The molecule has 5 heteroatoms. The van der Waals surface area contributed by atoms with Crippen molar-refractivity contribution in [2.24, 2.45) is 5.41 Å². The van der Waals surface area contributed by atoms with Gasteiger partial charge in [-0.3, -0.25) is 14.9 Å². The highest BCUT2D eigenvalue weighted by atomic mass is 19.1. The van der Waals surface area contributed by atoms with Gasteiger partial charge in [-0.1, -0.05) is 19.3 Å². The Kier molecular flexibility index (Phi) is 4.09. The summed E-state index contributed by atoms with van der Waals surface area (Å²) < 4.78 is 14.4. The van der Waals surface area contributed by atoms with Gasteiger partial charge in [-0.25, -0.2) is 9.87 Å². The summed E-state index contributed by atoms with van der Waals surface area (Å²) in [5, 5.41) is 8.73. The summed E-state index contributed by atoms with van der Waals surface area (Å²) in [6.07, 6.45) is 10.2. The van der Waals surface area contributed by atoms with Crippen molar-refractivity contribution in [3.63, 3.8) is 0 Å². The lowest BCUT2D eigenvalue weighted by molar-refractivity contribution is -0.0311. The van der Waals surface area contributed by atoms with Crippen LogP contribution in [0.1, 0.15) is 66.4 Å². The first-order valence-electron chi connectivity index (χ1n) is 9.10. The topological polar surface area (TPSA) is 52.6 Å². The van der Waals surface area contributed by atoms with Gasteiger partial charge in [-0.2, -0.15) is 0 Å². The molecule has 1 aromatic rings. The fourth-order valence-corrected chi connectivity index (χ4v) is 5.06. The van der Waals surface area contributed by atoms with E-state index >= 15 is 0 Å². The van der Waals surface area contributed by atoms with Gasteiger partial charge in [0, 0.05) is 30.3 Å². The van der Waals surface area contributed by atoms with Gasteiger partial charge >= 0.3 is 0 Å². The van der Waals surface area contributed by atoms with Crippen molar-refractivity contribution in [2.75, 3.05) is 6.54 Å². The fourth-order valence-electron chi connectivity index (χ4n) is 5.06. The van der Waals surface area contributed by atoms with E-state index in [2.05, 4.69) is 4.90 Å². The van der Waals surface area contributed by atoms with E-state index in [1.807, 2.05) is 0 Å². The molecule has 0 aromatic heterocycles. The van der Waals surface area contributed by atoms with Gasteiger partial charge in [0.25, 0.3) is 5.91 Å². The molecule has 2 fully saturated rings. The van der Waals surface area contributed by atoms with Crippen molar-refractivity contribution in [3.05, 3.63) is 34.6 Å². The molecule has 1 heterocycles. The van der Waals surface area contributed by atoms with E-state index in [-0.39, 0.29) is 11.4 Å². The van der Waals surface area contributed by atoms with Crippen LogP contribution in [0, 0.1) is 11.2 Å². The van der Waals surface area contributed by atoms with Crippen molar-refractivity contribution in [3.8, 4) is 0 Å². The number of nitrogens with zero attached hydrogens (tertiary/aromatic N) is 1. The third kappa shape index (κ3) is 2.74. The molecule has 1 spiro atoms. The Hall–Kier alpha value is -1.46. The molecule has 4 nitrogen and oxygen atoms in total. The van der Waals surface area contributed by atoms with E-state index in [0.717, 1.165) is 24.1 Å². The van der Waals surface area contributed by atoms with E-state index in [0.29, 0.717) is 18.0 Å². The molecule has 3 aliphatic rings. The zero-order valence-electron chi connectivity index (χ0n) is 14.0. The normalized spacial score (nSPS) is 23.6. The monoisotopic (exact) mass is 332 g/mol. The lowest BCUT2D eigenvalue weighted by Crippen LogP contribution is -2.53. The summed E-state index contributed by atoms with van der Waals surface area (Å²) in [5.41, 5.74) is 3.97. The molecule has 0 atom stereocenters. The Bertz CT molecular complexity index is 647. The summed E-state index contributed by atoms with van der Waals surface area (Å²) in [6.45, 7) is 1.57. The van der Waals surface area contributed by atoms with Gasteiger partial charge in [-0.05, 0) is 55.2 Å². The van der Waals surface area contributed by atoms with Crippen LogP contribution in [0.5, 0.6) is 0 Å². The highest BCUT2D eigenvalue weighted by Gasteiger charge is 2.46. The Labute approximate surface area is 142 Å². The average molecular weight is 332 g/mol. The van der Waals surface area contributed by atoms with E-state index in [1.54, 1.807) is 11.5 Å². The molecule has 1 amide bonds. The maximum Gasteiger partial charge on any atom is 0.274 e. The van der Waals surface area contributed by atoms with Gasteiger partial charge < -0.3 is 0 Å². The Balaban J connectivity index is 1.46. The number of benzene rings is 1. The Morgan fingerprint density at radius 1 is 1.25 bits per heavy atom. The quantitative estimate of drug-likeness (QED) is 0.644. The number of amides is 1. The Morgan fingerprint density at radius 3 is 2.71 bits per heavy atom. The number of rotatable bonds is 2. The van der Waals surface area contributed by atoms with E-state index in [9.17, 15) is 9.18 Å². The standard InChI is InChI=1S/C19H25FN2O2/c20-17-9-14(18(23)21-24)8-13-4-7-22(12-16(13)17)15-10-19(11-15)5-2-1-3-6-19/h8-9,15,24H,1-7,10-12H2,(H,21,23). The number of halogens is 1. The van der Waals surface area contributed by atoms with Crippen LogP contribution in [0.3, 0.4) is 0 Å². The van der Waals surface area contributed by atoms with Crippen molar-refractivity contribution >= 4 is 5.91 Å². The van der Waals surface area contributed by atoms with Crippen LogP contribution in [-0.4, -0.2) is 28.6 Å². The van der Waals surface area contributed by atoms with Gasteiger partial charge in [0.1, 0.15) is 5.82 Å². The van der Waals surface area contributed by atoms with Crippen LogP contribution in [0.2, 0.25) is 0 Å². The van der Waals surface area contributed by atoms with Crippen molar-refractivity contribution in [2.45, 2.75) is 64.0 Å². The maximum atomic E-state index is 14.4. The van der Waals surface area contributed by atoms with Crippen molar-refractivity contribution in [1.29, 1.82) is 0 Å². The van der Waals surface area contributed by atoms with Crippen molar-refractivity contribution < 1.29 is 14.4 Å². The molecule has 2 N–H and O–H groups in total. The number of hydrogen-bond donors (Lipinski definition) is 2. The Morgan fingerprint density at radius 2 is 2.00 bits per heavy atom. The van der Waals surface area contributed by atoms with E-state index < -0.39 is 5.91 Å². The second-order valence-corrected chi connectivity index (χ2v) is 7.88. The lowest BCUT2D eigenvalue weighted by Gasteiger charge is -2.54. The van der Waals surface area contributed by atoms with Crippen LogP contribution < -0.4 is 5.48 Å². The molecular weight excluding hydrogens is 307 g/mol. The number of nitrogens with one attached hydrogen (secondary N) is 1. The molecule has 1 aliphatic heterocycles. The van der Waals surface area contributed by atoms with Crippen LogP contribution in [0.15, 0.2) is 12.1 Å². The number of fused-ring (bicyclic) bond motifs is 1. The third-order valence-corrected chi connectivity index (χ3v) is 6.45. The molecule has 0 bridgehead atoms. The van der Waals surface area contributed by atoms with Gasteiger partial charge in [-0.15, -0.1) is 0 Å². The first-order chi connectivity index (χ1) is 11.6. The lowest BCUT2D eigenvalue weighted by atomic mass is 9.58. The molecule has 2 aliphatic carbocycles. The maximum absolute atomic E-state index is 14.4. The number of carbonyl (C=O) groups is 1. The van der Waals surface area contributed by atoms with Crippen LogP contribution in [0.25, 0.3) is 0 Å². The summed E-state index contributed by atoms with van der Waals surface area (Å²) in [5.74, 6) is -0.986. The van der Waals surface area contributed by atoms with Gasteiger partial charge in [0.05, 0.1) is 0 Å². The highest BCUT2D eigenvalue weighted by molar-refractivity contribution is 5.93. The molecule has 2 saturated carbocycles. The second-order valence-electron chi connectivity index (χ2n) is 7.88. The first kappa shape index (κ1) is 16.0. The molecule has 130 valence electrons. The SMILES string of the molecule is O=C(NO)c1cc(F)c2c(c1)CCN(C1CC3(CCCCC3)C1)C2. The summed E-state index contributed by atoms with van der Waals surface area (Å²) in [6, 6.07) is 3.54. The molecule has 4 rings (SSSR count). The minimum atomic E-state index is -0.655. The predicted octanol–water partition coefficient (Wildman–Crippen LogP) is 3.42. The van der Waals surface area contributed by atoms with E-state index in [1.165, 1.54) is 51.0 Å². The van der Waals surface area contributed by atoms with Crippen LogP contribution >= 0.6 is 0 Å². The van der Waals surface area contributed by atoms with Crippen molar-refractivity contribution in [1.82, 2.24) is 10.4 Å².